The first-order chi connectivity index (χ1) is 11.7. The number of imidazole rings is 1. The van der Waals surface area contributed by atoms with Gasteiger partial charge in [0.2, 0.25) is 0 Å². The second-order valence-corrected chi connectivity index (χ2v) is 6.29. The molecule has 1 aliphatic heterocycles. The molecule has 24 heavy (non-hydrogen) atoms. The molecular weight excluding hydrogens is 373 g/mol. The third-order valence-electron chi connectivity index (χ3n) is 4.00. The van der Waals surface area contributed by atoms with E-state index in [9.17, 15) is 9.18 Å². The SMILES string of the molecule is O=Cc1ncn2c1CN=C(c1ccccc1F)c1cc(Br)ccc1-2. The first-order valence-corrected chi connectivity index (χ1v) is 8.09. The van der Waals surface area contributed by atoms with Gasteiger partial charge in [0.1, 0.15) is 17.8 Å². The van der Waals surface area contributed by atoms with Crippen LogP contribution in [-0.2, 0) is 6.54 Å². The van der Waals surface area contributed by atoms with Crippen molar-refractivity contribution in [2.75, 3.05) is 0 Å². The van der Waals surface area contributed by atoms with Crippen LogP contribution in [0.15, 0.2) is 58.3 Å². The van der Waals surface area contributed by atoms with E-state index in [1.54, 1.807) is 24.5 Å². The zero-order valence-electron chi connectivity index (χ0n) is 12.4. The summed E-state index contributed by atoms with van der Waals surface area (Å²) in [5, 5.41) is 0. The Kier molecular flexibility index (Phi) is 3.61. The number of rotatable bonds is 2. The number of carbonyl (C=O) groups excluding carboxylic acids is 1. The Morgan fingerprint density at radius 2 is 2.00 bits per heavy atom. The second kappa shape index (κ2) is 5.79. The van der Waals surface area contributed by atoms with Gasteiger partial charge < -0.3 is 0 Å². The van der Waals surface area contributed by atoms with Crippen molar-refractivity contribution in [1.82, 2.24) is 9.55 Å². The molecule has 3 aromatic rings. The van der Waals surface area contributed by atoms with Crippen LogP contribution in [0.5, 0.6) is 0 Å². The molecule has 4 nitrogen and oxygen atoms in total. The van der Waals surface area contributed by atoms with Crippen molar-refractivity contribution in [3.05, 3.63) is 81.6 Å². The van der Waals surface area contributed by atoms with E-state index >= 15 is 0 Å². The Balaban J connectivity index is 2.02. The lowest BCUT2D eigenvalue weighted by Gasteiger charge is -2.12. The molecule has 0 bridgehead atoms. The Labute approximate surface area is 145 Å². The Hall–Kier alpha value is -2.60. The topological polar surface area (TPSA) is 47.2 Å². The van der Waals surface area contributed by atoms with Crippen molar-refractivity contribution < 1.29 is 9.18 Å². The highest BCUT2D eigenvalue weighted by Gasteiger charge is 2.22. The molecule has 1 aliphatic rings. The van der Waals surface area contributed by atoms with Gasteiger partial charge >= 0.3 is 0 Å². The van der Waals surface area contributed by atoms with E-state index in [-0.39, 0.29) is 12.4 Å². The summed E-state index contributed by atoms with van der Waals surface area (Å²) in [4.78, 5) is 20.0. The molecule has 118 valence electrons. The second-order valence-electron chi connectivity index (χ2n) is 5.37. The summed E-state index contributed by atoms with van der Waals surface area (Å²) < 4.78 is 17.0. The van der Waals surface area contributed by atoms with Gasteiger partial charge in [-0.3, -0.25) is 14.4 Å². The van der Waals surface area contributed by atoms with Gasteiger partial charge in [-0.05, 0) is 30.3 Å². The minimum atomic E-state index is -0.331. The van der Waals surface area contributed by atoms with Crippen LogP contribution in [0.25, 0.3) is 5.69 Å². The van der Waals surface area contributed by atoms with E-state index in [4.69, 9.17) is 0 Å². The number of aldehydes is 1. The molecule has 6 heteroatoms. The monoisotopic (exact) mass is 383 g/mol. The number of hydrogen-bond donors (Lipinski definition) is 0. The first kappa shape index (κ1) is 15.0. The highest BCUT2D eigenvalue weighted by Crippen LogP contribution is 2.29. The molecular formula is C18H11BrFN3O. The van der Waals surface area contributed by atoms with Crippen molar-refractivity contribution in [3.8, 4) is 5.69 Å². The normalized spacial score (nSPS) is 12.8. The summed E-state index contributed by atoms with van der Waals surface area (Å²) in [6, 6.07) is 12.3. The van der Waals surface area contributed by atoms with Gasteiger partial charge in [0, 0.05) is 15.6 Å². The summed E-state index contributed by atoms with van der Waals surface area (Å²) in [5.41, 5.74) is 3.63. The summed E-state index contributed by atoms with van der Waals surface area (Å²) in [6.07, 6.45) is 2.32. The number of halogens is 2. The van der Waals surface area contributed by atoms with Gasteiger partial charge in [-0.2, -0.15) is 0 Å². The lowest BCUT2D eigenvalue weighted by molar-refractivity contribution is 0.111. The minimum absolute atomic E-state index is 0.254. The number of benzene rings is 2. The lowest BCUT2D eigenvalue weighted by atomic mass is 10.00. The Bertz CT molecular complexity index is 994. The Morgan fingerprint density at radius 1 is 1.17 bits per heavy atom. The molecule has 0 spiro atoms. The van der Waals surface area contributed by atoms with Crippen LogP contribution in [0.4, 0.5) is 4.39 Å². The fraction of sp³-hybridized carbons (Fsp3) is 0.0556. The van der Waals surface area contributed by atoms with Crippen LogP contribution >= 0.6 is 15.9 Å². The number of nitrogens with zero attached hydrogens (tertiary/aromatic N) is 3. The van der Waals surface area contributed by atoms with Gasteiger partial charge in [0.05, 0.1) is 23.6 Å². The molecule has 0 N–H and O–H groups in total. The number of aliphatic imine (C=N–C) groups is 1. The van der Waals surface area contributed by atoms with Gasteiger partial charge in [-0.1, -0.05) is 28.1 Å². The molecule has 0 amide bonds. The van der Waals surface area contributed by atoms with Gasteiger partial charge in [0.25, 0.3) is 0 Å². The maximum atomic E-state index is 14.3. The van der Waals surface area contributed by atoms with Crippen molar-refractivity contribution >= 4 is 27.9 Å². The highest BCUT2D eigenvalue weighted by molar-refractivity contribution is 9.10. The molecule has 0 saturated carbocycles. The predicted octanol–water partition coefficient (Wildman–Crippen LogP) is 3.94. The molecule has 2 aromatic carbocycles. The maximum Gasteiger partial charge on any atom is 0.170 e. The number of fused-ring (bicyclic) bond motifs is 3. The van der Waals surface area contributed by atoms with Crippen LogP contribution in [-0.4, -0.2) is 21.5 Å². The Morgan fingerprint density at radius 3 is 2.79 bits per heavy atom. The third kappa shape index (κ3) is 2.30. The number of hydrogen-bond acceptors (Lipinski definition) is 3. The van der Waals surface area contributed by atoms with Crippen molar-refractivity contribution in [3.63, 3.8) is 0 Å². The smallest absolute Gasteiger partial charge is 0.170 e. The lowest BCUT2D eigenvalue weighted by Crippen LogP contribution is -2.08. The summed E-state index contributed by atoms with van der Waals surface area (Å²) >= 11 is 3.46. The molecule has 0 fully saturated rings. The first-order valence-electron chi connectivity index (χ1n) is 7.30. The summed E-state index contributed by atoms with van der Waals surface area (Å²) in [6.45, 7) is 0.254. The molecule has 0 saturated heterocycles. The van der Waals surface area contributed by atoms with E-state index in [0.29, 0.717) is 28.9 Å². The molecule has 0 atom stereocenters. The molecule has 0 aliphatic carbocycles. The van der Waals surface area contributed by atoms with Crippen molar-refractivity contribution in [2.45, 2.75) is 6.54 Å². The standard InChI is InChI=1S/C18H11BrFN3O/c19-11-5-6-16-13(7-11)18(12-3-1-2-4-14(12)20)21-8-17-15(9-24)22-10-23(16)17/h1-7,9-10H,8H2. The average molecular weight is 384 g/mol. The predicted molar refractivity (Wildman–Crippen MR) is 92.4 cm³/mol. The van der Waals surface area contributed by atoms with Crippen LogP contribution in [0.2, 0.25) is 0 Å². The molecule has 2 heterocycles. The van der Waals surface area contributed by atoms with Crippen molar-refractivity contribution in [1.29, 1.82) is 0 Å². The molecule has 1 aromatic heterocycles. The van der Waals surface area contributed by atoms with E-state index in [2.05, 4.69) is 25.9 Å². The minimum Gasteiger partial charge on any atom is -0.300 e. The summed E-state index contributed by atoms with van der Waals surface area (Å²) in [7, 11) is 0. The van der Waals surface area contributed by atoms with Gasteiger partial charge in [0.15, 0.2) is 6.29 Å². The molecule has 0 unspecified atom stereocenters. The van der Waals surface area contributed by atoms with E-state index in [1.807, 2.05) is 22.8 Å². The molecule has 0 radical (unpaired) electrons. The van der Waals surface area contributed by atoms with Gasteiger partial charge in [-0.25, -0.2) is 9.37 Å². The van der Waals surface area contributed by atoms with E-state index in [0.717, 1.165) is 15.7 Å². The molecule has 4 rings (SSSR count). The van der Waals surface area contributed by atoms with Crippen LogP contribution in [0.3, 0.4) is 0 Å². The number of carbonyl (C=O) groups is 1. The average Bonchev–Trinajstić information content (AvgIpc) is 2.92. The summed E-state index contributed by atoms with van der Waals surface area (Å²) in [5.74, 6) is -0.331. The van der Waals surface area contributed by atoms with E-state index < -0.39 is 0 Å². The fourth-order valence-electron chi connectivity index (χ4n) is 2.88. The maximum absolute atomic E-state index is 14.3. The number of aromatic nitrogens is 2. The quantitative estimate of drug-likeness (QED) is 0.629. The van der Waals surface area contributed by atoms with Gasteiger partial charge in [-0.15, -0.1) is 0 Å². The zero-order valence-corrected chi connectivity index (χ0v) is 14.0. The van der Waals surface area contributed by atoms with Crippen LogP contribution < -0.4 is 0 Å². The highest BCUT2D eigenvalue weighted by atomic mass is 79.9. The zero-order chi connectivity index (χ0) is 16.7. The third-order valence-corrected chi connectivity index (χ3v) is 4.49. The van der Waals surface area contributed by atoms with Crippen LogP contribution in [0, 0.1) is 5.82 Å². The van der Waals surface area contributed by atoms with Crippen molar-refractivity contribution in [2.24, 2.45) is 4.99 Å². The largest absolute Gasteiger partial charge is 0.300 e. The van der Waals surface area contributed by atoms with E-state index in [1.165, 1.54) is 6.07 Å². The van der Waals surface area contributed by atoms with Crippen LogP contribution in [0.1, 0.15) is 27.3 Å². The fourth-order valence-corrected chi connectivity index (χ4v) is 3.24.